The normalized spacial score (nSPS) is 10.7. The number of carbonyl (C=O) groups excluding carboxylic acids is 1. The third kappa shape index (κ3) is 3.80. The number of carbonyl (C=O) groups is 1. The molecule has 3 N–H and O–H groups in total. The number of amides is 2. The molecule has 0 spiro atoms. The predicted molar refractivity (Wildman–Crippen MR) is 93.3 cm³/mol. The van der Waals surface area contributed by atoms with Crippen molar-refractivity contribution in [2.24, 2.45) is 0 Å². The number of aryl methyl sites for hydroxylation is 1. The lowest BCUT2D eigenvalue weighted by molar-refractivity contribution is 0.262. The Morgan fingerprint density at radius 2 is 1.65 bits per heavy atom. The third-order valence-electron chi connectivity index (χ3n) is 3.96. The SMILES string of the molecule is Cc1nc(NC(=O)Nc2ccc(C(C)C)cc2)c(C)c(C)c1O. The summed E-state index contributed by atoms with van der Waals surface area (Å²) in [5.41, 5.74) is 3.90. The number of hydrogen-bond donors (Lipinski definition) is 3. The molecule has 5 heteroatoms. The molecule has 0 aliphatic heterocycles. The Balaban J connectivity index is 2.11. The second kappa shape index (κ2) is 6.69. The second-order valence-electron chi connectivity index (χ2n) is 6.00. The van der Waals surface area contributed by atoms with Crippen LogP contribution in [0.2, 0.25) is 0 Å². The van der Waals surface area contributed by atoms with E-state index in [-0.39, 0.29) is 11.8 Å². The van der Waals surface area contributed by atoms with Gasteiger partial charge in [-0.1, -0.05) is 26.0 Å². The summed E-state index contributed by atoms with van der Waals surface area (Å²) in [5.74, 6) is 1.07. The van der Waals surface area contributed by atoms with Crippen LogP contribution in [0.25, 0.3) is 0 Å². The first kappa shape index (κ1) is 16.8. The second-order valence-corrected chi connectivity index (χ2v) is 6.00. The molecule has 0 saturated heterocycles. The molecule has 0 aliphatic rings. The third-order valence-corrected chi connectivity index (χ3v) is 3.96. The molecule has 0 fully saturated rings. The van der Waals surface area contributed by atoms with Crippen molar-refractivity contribution in [1.82, 2.24) is 4.98 Å². The zero-order valence-corrected chi connectivity index (χ0v) is 14.2. The summed E-state index contributed by atoms with van der Waals surface area (Å²) in [5, 5.41) is 15.4. The average molecular weight is 313 g/mol. The van der Waals surface area contributed by atoms with Crippen LogP contribution in [0.15, 0.2) is 24.3 Å². The van der Waals surface area contributed by atoms with E-state index in [2.05, 4.69) is 29.5 Å². The van der Waals surface area contributed by atoms with Gasteiger partial charge in [0.15, 0.2) is 0 Å². The quantitative estimate of drug-likeness (QED) is 0.782. The highest BCUT2D eigenvalue weighted by Gasteiger charge is 2.13. The molecule has 1 heterocycles. The summed E-state index contributed by atoms with van der Waals surface area (Å²) in [6.45, 7) is 9.56. The monoisotopic (exact) mass is 313 g/mol. The van der Waals surface area contributed by atoms with Gasteiger partial charge >= 0.3 is 6.03 Å². The van der Waals surface area contributed by atoms with Crippen LogP contribution in [0.5, 0.6) is 5.75 Å². The maximum absolute atomic E-state index is 12.1. The Bertz CT molecular complexity index is 722. The number of aromatic nitrogens is 1. The Morgan fingerprint density at radius 1 is 1.04 bits per heavy atom. The molecule has 1 aromatic carbocycles. The molecule has 1 aromatic heterocycles. The molecule has 0 unspecified atom stereocenters. The van der Waals surface area contributed by atoms with Crippen LogP contribution in [0.3, 0.4) is 0 Å². The van der Waals surface area contributed by atoms with Gasteiger partial charge in [-0.05, 0) is 55.5 Å². The van der Waals surface area contributed by atoms with Crippen LogP contribution in [-0.4, -0.2) is 16.1 Å². The van der Waals surface area contributed by atoms with Crippen LogP contribution >= 0.6 is 0 Å². The number of hydrogen-bond acceptors (Lipinski definition) is 3. The molecule has 2 amide bonds. The van der Waals surface area contributed by atoms with E-state index in [9.17, 15) is 9.90 Å². The van der Waals surface area contributed by atoms with Gasteiger partial charge in [-0.15, -0.1) is 0 Å². The Labute approximate surface area is 136 Å². The first-order valence-electron chi connectivity index (χ1n) is 7.64. The van der Waals surface area contributed by atoms with Gasteiger partial charge < -0.3 is 10.4 Å². The van der Waals surface area contributed by atoms with Gasteiger partial charge in [0.1, 0.15) is 11.6 Å². The fraction of sp³-hybridized carbons (Fsp3) is 0.333. The lowest BCUT2D eigenvalue weighted by Crippen LogP contribution is -2.21. The lowest BCUT2D eigenvalue weighted by atomic mass is 10.0. The Hall–Kier alpha value is -2.56. The Morgan fingerprint density at radius 3 is 2.22 bits per heavy atom. The summed E-state index contributed by atoms with van der Waals surface area (Å²) in [7, 11) is 0. The van der Waals surface area contributed by atoms with Crippen molar-refractivity contribution in [2.45, 2.75) is 40.5 Å². The van der Waals surface area contributed by atoms with Gasteiger partial charge in [-0.3, -0.25) is 5.32 Å². The molecular formula is C18H23N3O2. The fourth-order valence-corrected chi connectivity index (χ4v) is 2.27. The van der Waals surface area contributed by atoms with Gasteiger partial charge in [-0.25, -0.2) is 9.78 Å². The largest absolute Gasteiger partial charge is 0.506 e. The van der Waals surface area contributed by atoms with Crippen molar-refractivity contribution >= 4 is 17.5 Å². The number of pyridine rings is 1. The molecule has 0 bridgehead atoms. The summed E-state index contributed by atoms with van der Waals surface area (Å²) >= 11 is 0. The van der Waals surface area contributed by atoms with Gasteiger partial charge in [-0.2, -0.15) is 0 Å². The molecule has 2 aromatic rings. The van der Waals surface area contributed by atoms with Crippen molar-refractivity contribution in [2.75, 3.05) is 10.6 Å². The van der Waals surface area contributed by atoms with E-state index >= 15 is 0 Å². The van der Waals surface area contributed by atoms with Crippen LogP contribution in [0.4, 0.5) is 16.3 Å². The minimum absolute atomic E-state index is 0.165. The molecule has 2 rings (SSSR count). The molecule has 0 atom stereocenters. The van der Waals surface area contributed by atoms with Crippen LogP contribution in [0.1, 0.15) is 42.1 Å². The summed E-state index contributed by atoms with van der Waals surface area (Å²) in [4.78, 5) is 16.4. The van der Waals surface area contributed by atoms with E-state index in [0.717, 1.165) is 11.3 Å². The van der Waals surface area contributed by atoms with E-state index < -0.39 is 0 Å². The molecule has 23 heavy (non-hydrogen) atoms. The molecule has 0 aliphatic carbocycles. The zero-order chi connectivity index (χ0) is 17.1. The number of aromatic hydroxyl groups is 1. The molecule has 0 radical (unpaired) electrons. The van der Waals surface area contributed by atoms with Crippen molar-refractivity contribution < 1.29 is 9.90 Å². The predicted octanol–water partition coefficient (Wildman–Crippen LogP) is 4.48. The van der Waals surface area contributed by atoms with Crippen LogP contribution < -0.4 is 10.6 Å². The van der Waals surface area contributed by atoms with E-state index in [1.165, 1.54) is 5.56 Å². The van der Waals surface area contributed by atoms with Gasteiger partial charge in [0.25, 0.3) is 0 Å². The van der Waals surface area contributed by atoms with Gasteiger partial charge in [0.05, 0.1) is 5.69 Å². The summed E-state index contributed by atoms with van der Waals surface area (Å²) < 4.78 is 0. The number of anilines is 2. The summed E-state index contributed by atoms with van der Waals surface area (Å²) in [6, 6.07) is 7.39. The highest BCUT2D eigenvalue weighted by Crippen LogP contribution is 2.27. The van der Waals surface area contributed by atoms with Crippen LogP contribution in [-0.2, 0) is 0 Å². The van der Waals surface area contributed by atoms with E-state index in [1.54, 1.807) is 13.8 Å². The highest BCUT2D eigenvalue weighted by molar-refractivity contribution is 5.99. The fourth-order valence-electron chi connectivity index (χ4n) is 2.27. The van der Waals surface area contributed by atoms with Crippen molar-refractivity contribution in [3.8, 4) is 5.75 Å². The van der Waals surface area contributed by atoms with Crippen molar-refractivity contribution in [3.63, 3.8) is 0 Å². The van der Waals surface area contributed by atoms with E-state index in [0.29, 0.717) is 23.0 Å². The van der Waals surface area contributed by atoms with Gasteiger partial charge in [0.2, 0.25) is 0 Å². The maximum Gasteiger partial charge on any atom is 0.324 e. The topological polar surface area (TPSA) is 74.2 Å². The zero-order valence-electron chi connectivity index (χ0n) is 14.2. The number of benzene rings is 1. The smallest absolute Gasteiger partial charge is 0.324 e. The van der Waals surface area contributed by atoms with E-state index in [1.807, 2.05) is 31.2 Å². The number of nitrogens with one attached hydrogen (secondary N) is 2. The maximum atomic E-state index is 12.1. The standard InChI is InChI=1S/C18H23N3O2/c1-10(2)14-6-8-15(9-7-14)20-18(23)21-17-12(4)11(3)16(22)13(5)19-17/h6-10,22H,1-5H3,(H2,19,20,21,23). The van der Waals surface area contributed by atoms with Crippen molar-refractivity contribution in [3.05, 3.63) is 46.6 Å². The average Bonchev–Trinajstić information content (AvgIpc) is 2.51. The highest BCUT2D eigenvalue weighted by atomic mass is 16.3. The molecule has 0 saturated carbocycles. The van der Waals surface area contributed by atoms with E-state index in [4.69, 9.17) is 0 Å². The number of urea groups is 1. The van der Waals surface area contributed by atoms with Crippen molar-refractivity contribution in [1.29, 1.82) is 0 Å². The Kier molecular flexibility index (Phi) is 4.89. The minimum Gasteiger partial charge on any atom is -0.506 e. The molecule has 5 nitrogen and oxygen atoms in total. The minimum atomic E-state index is -0.359. The first-order valence-corrected chi connectivity index (χ1v) is 7.64. The number of rotatable bonds is 3. The van der Waals surface area contributed by atoms with Crippen LogP contribution in [0, 0.1) is 20.8 Å². The first-order chi connectivity index (χ1) is 10.8. The molecular weight excluding hydrogens is 290 g/mol. The summed E-state index contributed by atoms with van der Waals surface area (Å²) in [6.07, 6.45) is 0. The lowest BCUT2D eigenvalue weighted by Gasteiger charge is -2.14. The number of nitrogens with zero attached hydrogens (tertiary/aromatic N) is 1. The van der Waals surface area contributed by atoms with Gasteiger partial charge in [0, 0.05) is 5.69 Å². The molecule has 122 valence electrons.